The van der Waals surface area contributed by atoms with Crippen molar-refractivity contribution in [3.63, 3.8) is 0 Å². The SMILES string of the molecule is CCC(C)Nc1ncc2nc(Nc3c(F)ccc(Cl)c3F)n([C@H]3CC[C@@H](C(N)=O)CC3)c2n1. The lowest BCUT2D eigenvalue weighted by Crippen LogP contribution is -2.29. The quantitative estimate of drug-likeness (QED) is 0.416. The van der Waals surface area contributed by atoms with Crippen molar-refractivity contribution in [1.29, 1.82) is 0 Å². The third kappa shape index (κ3) is 4.71. The van der Waals surface area contributed by atoms with E-state index in [4.69, 9.17) is 17.3 Å². The van der Waals surface area contributed by atoms with E-state index in [0.29, 0.717) is 42.8 Å². The molecule has 1 aliphatic carbocycles. The van der Waals surface area contributed by atoms with Crippen molar-refractivity contribution < 1.29 is 13.6 Å². The summed E-state index contributed by atoms with van der Waals surface area (Å²) >= 11 is 5.86. The molecule has 11 heteroatoms. The van der Waals surface area contributed by atoms with Crippen LogP contribution in [0.4, 0.5) is 26.4 Å². The minimum absolute atomic E-state index is 0.0928. The lowest BCUT2D eigenvalue weighted by atomic mass is 9.85. The van der Waals surface area contributed by atoms with Gasteiger partial charge >= 0.3 is 0 Å². The molecule has 1 amide bonds. The summed E-state index contributed by atoms with van der Waals surface area (Å²) in [6.45, 7) is 4.07. The van der Waals surface area contributed by atoms with E-state index in [-0.39, 0.29) is 34.9 Å². The molecule has 1 unspecified atom stereocenters. The Morgan fingerprint density at radius 2 is 2.00 bits per heavy atom. The predicted molar refractivity (Wildman–Crippen MR) is 124 cm³/mol. The summed E-state index contributed by atoms with van der Waals surface area (Å²) in [5, 5.41) is 5.81. The lowest BCUT2D eigenvalue weighted by molar-refractivity contribution is -0.122. The molecule has 1 fully saturated rings. The number of halogens is 3. The van der Waals surface area contributed by atoms with E-state index in [0.717, 1.165) is 18.6 Å². The Morgan fingerprint density at radius 1 is 1.27 bits per heavy atom. The maximum atomic E-state index is 14.6. The molecule has 0 saturated heterocycles. The van der Waals surface area contributed by atoms with Crippen LogP contribution in [0.1, 0.15) is 52.0 Å². The molecule has 0 bridgehead atoms. The van der Waals surface area contributed by atoms with E-state index in [9.17, 15) is 13.6 Å². The van der Waals surface area contributed by atoms with Crippen molar-refractivity contribution >= 4 is 46.3 Å². The monoisotopic (exact) mass is 477 g/mol. The van der Waals surface area contributed by atoms with Gasteiger partial charge in [-0.2, -0.15) is 4.98 Å². The molecule has 176 valence electrons. The fraction of sp³-hybridized carbons (Fsp3) is 0.455. The van der Waals surface area contributed by atoms with Crippen LogP contribution in [0.5, 0.6) is 0 Å². The van der Waals surface area contributed by atoms with Crippen molar-refractivity contribution in [3.8, 4) is 0 Å². The van der Waals surface area contributed by atoms with Crippen LogP contribution >= 0.6 is 11.6 Å². The highest BCUT2D eigenvalue weighted by Crippen LogP contribution is 2.38. The number of nitrogens with zero attached hydrogens (tertiary/aromatic N) is 4. The van der Waals surface area contributed by atoms with Crippen molar-refractivity contribution in [2.75, 3.05) is 10.6 Å². The Labute approximate surface area is 194 Å². The average molecular weight is 478 g/mol. The standard InChI is InChI=1S/C22H26ClF2N7O/c1-3-11(2)28-21-27-10-16-20(31-21)32(13-6-4-12(5-7-13)19(26)33)22(29-16)30-18-15(24)9-8-14(23)17(18)25/h8-13H,3-7H2,1-2H3,(H2,26,33)(H,29,30)(H,27,28,31)/t11?,12-,13+. The maximum absolute atomic E-state index is 14.6. The van der Waals surface area contributed by atoms with Crippen LogP contribution in [0, 0.1) is 17.6 Å². The summed E-state index contributed by atoms with van der Waals surface area (Å²) in [6.07, 6.45) is 4.98. The number of benzene rings is 1. The summed E-state index contributed by atoms with van der Waals surface area (Å²) in [4.78, 5) is 25.1. The van der Waals surface area contributed by atoms with Gasteiger partial charge in [-0.15, -0.1) is 0 Å². The molecule has 2 aromatic heterocycles. The number of primary amides is 1. The van der Waals surface area contributed by atoms with E-state index in [1.165, 1.54) is 0 Å². The molecular weight excluding hydrogens is 452 g/mol. The second kappa shape index (κ2) is 9.46. The predicted octanol–water partition coefficient (Wildman–Crippen LogP) is 4.93. The number of aromatic nitrogens is 4. The molecule has 8 nitrogen and oxygen atoms in total. The van der Waals surface area contributed by atoms with E-state index >= 15 is 0 Å². The van der Waals surface area contributed by atoms with Gasteiger partial charge in [-0.05, 0) is 51.2 Å². The molecule has 4 rings (SSSR count). The normalized spacial score (nSPS) is 19.4. The molecule has 4 N–H and O–H groups in total. The van der Waals surface area contributed by atoms with Crippen molar-refractivity contribution in [2.45, 2.75) is 58.0 Å². The number of nitrogens with one attached hydrogen (secondary N) is 2. The number of anilines is 3. The molecule has 1 aromatic carbocycles. The third-order valence-electron chi connectivity index (χ3n) is 6.17. The Kier molecular flexibility index (Phi) is 6.64. The largest absolute Gasteiger partial charge is 0.369 e. The number of carbonyl (C=O) groups excluding carboxylic acids is 1. The zero-order valence-corrected chi connectivity index (χ0v) is 19.2. The smallest absolute Gasteiger partial charge is 0.224 e. The zero-order chi connectivity index (χ0) is 23.7. The highest BCUT2D eigenvalue weighted by Gasteiger charge is 2.29. The number of hydrogen-bond donors (Lipinski definition) is 3. The Hall–Kier alpha value is -3.01. The van der Waals surface area contributed by atoms with Gasteiger partial charge in [0.05, 0.1) is 11.2 Å². The first kappa shape index (κ1) is 23.2. The van der Waals surface area contributed by atoms with Gasteiger partial charge in [0.15, 0.2) is 11.5 Å². The van der Waals surface area contributed by atoms with Gasteiger partial charge in [0.25, 0.3) is 0 Å². The van der Waals surface area contributed by atoms with Crippen molar-refractivity contribution in [1.82, 2.24) is 19.5 Å². The van der Waals surface area contributed by atoms with Crippen LogP contribution in [-0.2, 0) is 4.79 Å². The van der Waals surface area contributed by atoms with Crippen LogP contribution in [0.25, 0.3) is 11.2 Å². The van der Waals surface area contributed by atoms with E-state index in [2.05, 4.69) is 25.6 Å². The van der Waals surface area contributed by atoms with Gasteiger partial charge in [0.1, 0.15) is 17.0 Å². The number of nitrogens with two attached hydrogens (primary N) is 1. The third-order valence-corrected chi connectivity index (χ3v) is 6.46. The fourth-order valence-corrected chi connectivity index (χ4v) is 4.25. The Morgan fingerprint density at radius 3 is 2.67 bits per heavy atom. The molecule has 3 aromatic rings. The molecule has 0 spiro atoms. The number of hydrogen-bond acceptors (Lipinski definition) is 6. The van der Waals surface area contributed by atoms with Crippen LogP contribution in [-0.4, -0.2) is 31.5 Å². The van der Waals surface area contributed by atoms with Gasteiger partial charge in [-0.25, -0.2) is 18.7 Å². The Bertz CT molecular complexity index is 1180. The topological polar surface area (TPSA) is 111 Å². The molecule has 2 heterocycles. The molecule has 1 saturated carbocycles. The lowest BCUT2D eigenvalue weighted by Gasteiger charge is -2.29. The van der Waals surface area contributed by atoms with E-state index in [1.807, 2.05) is 18.4 Å². The van der Waals surface area contributed by atoms with Gasteiger partial charge < -0.3 is 16.4 Å². The maximum Gasteiger partial charge on any atom is 0.224 e. The first-order valence-electron chi connectivity index (χ1n) is 11.0. The number of rotatable bonds is 7. The number of fused-ring (bicyclic) bond motifs is 1. The van der Waals surface area contributed by atoms with Crippen LogP contribution in [0.2, 0.25) is 5.02 Å². The van der Waals surface area contributed by atoms with Gasteiger partial charge in [0, 0.05) is 18.0 Å². The molecule has 1 aliphatic rings. The first-order valence-corrected chi connectivity index (χ1v) is 11.4. The van der Waals surface area contributed by atoms with Crippen LogP contribution in [0.3, 0.4) is 0 Å². The second-order valence-electron chi connectivity index (χ2n) is 8.41. The molecule has 1 atom stereocenters. The van der Waals surface area contributed by atoms with Gasteiger partial charge in [-0.1, -0.05) is 18.5 Å². The van der Waals surface area contributed by atoms with E-state index in [1.54, 1.807) is 6.20 Å². The van der Waals surface area contributed by atoms with Crippen molar-refractivity contribution in [2.24, 2.45) is 11.7 Å². The van der Waals surface area contributed by atoms with Gasteiger partial charge in [0.2, 0.25) is 17.8 Å². The summed E-state index contributed by atoms with van der Waals surface area (Å²) in [7, 11) is 0. The summed E-state index contributed by atoms with van der Waals surface area (Å²) in [5.74, 6) is -1.53. The summed E-state index contributed by atoms with van der Waals surface area (Å²) in [6, 6.07) is 2.32. The first-order chi connectivity index (χ1) is 15.8. The summed E-state index contributed by atoms with van der Waals surface area (Å²) in [5.41, 5.74) is 6.10. The minimum atomic E-state index is -0.905. The number of amides is 1. The highest BCUT2D eigenvalue weighted by molar-refractivity contribution is 6.31. The fourth-order valence-electron chi connectivity index (χ4n) is 4.09. The minimum Gasteiger partial charge on any atom is -0.369 e. The van der Waals surface area contributed by atoms with Gasteiger partial charge in [-0.3, -0.25) is 9.36 Å². The molecule has 0 aliphatic heterocycles. The molecule has 33 heavy (non-hydrogen) atoms. The number of carbonyl (C=O) groups is 1. The molecule has 0 radical (unpaired) electrons. The second-order valence-corrected chi connectivity index (χ2v) is 8.82. The summed E-state index contributed by atoms with van der Waals surface area (Å²) < 4.78 is 30.9. The number of imidazole rings is 1. The van der Waals surface area contributed by atoms with E-state index < -0.39 is 17.3 Å². The zero-order valence-electron chi connectivity index (χ0n) is 18.4. The van der Waals surface area contributed by atoms with Crippen LogP contribution in [0.15, 0.2) is 18.3 Å². The van der Waals surface area contributed by atoms with Crippen molar-refractivity contribution in [3.05, 3.63) is 35.0 Å². The highest BCUT2D eigenvalue weighted by atomic mass is 35.5. The average Bonchev–Trinajstić information content (AvgIpc) is 3.16. The molecular formula is C22H26ClF2N7O. The Balaban J connectivity index is 1.78. The van der Waals surface area contributed by atoms with Crippen LogP contribution < -0.4 is 16.4 Å².